The van der Waals surface area contributed by atoms with Crippen LogP contribution in [0.5, 0.6) is 5.75 Å². The molecule has 145 valence electrons. The molecule has 2 aromatic heterocycles. The van der Waals surface area contributed by atoms with Crippen LogP contribution in [0.25, 0.3) is 22.6 Å². The predicted molar refractivity (Wildman–Crippen MR) is 109 cm³/mol. The van der Waals surface area contributed by atoms with Crippen molar-refractivity contribution < 1.29 is 9.53 Å². The van der Waals surface area contributed by atoms with Gasteiger partial charge in [0.15, 0.2) is 17.3 Å². The monoisotopic (exact) mass is 389 g/mol. The number of imidazole rings is 1. The number of hydrogen-bond acceptors (Lipinski definition) is 6. The van der Waals surface area contributed by atoms with Gasteiger partial charge in [0, 0.05) is 16.8 Å². The van der Waals surface area contributed by atoms with E-state index in [-0.39, 0.29) is 18.1 Å². The topological polar surface area (TPSA) is 128 Å². The molecule has 1 radical (unpaired) electrons. The first-order valence-corrected chi connectivity index (χ1v) is 8.72. The molecule has 4 N–H and O–H groups in total. The third kappa shape index (κ3) is 3.41. The summed E-state index contributed by atoms with van der Waals surface area (Å²) in [4.78, 5) is 35.2. The van der Waals surface area contributed by atoms with E-state index in [4.69, 9.17) is 10.5 Å². The fourth-order valence-corrected chi connectivity index (χ4v) is 3.13. The zero-order chi connectivity index (χ0) is 20.4. The van der Waals surface area contributed by atoms with Gasteiger partial charge < -0.3 is 20.8 Å². The highest BCUT2D eigenvalue weighted by Crippen LogP contribution is 2.25. The Balaban J connectivity index is 1.92. The zero-order valence-corrected chi connectivity index (χ0v) is 15.5. The molecule has 0 aliphatic carbocycles. The fraction of sp³-hybridized carbons (Fsp3) is 0.100. The zero-order valence-electron chi connectivity index (χ0n) is 15.5. The summed E-state index contributed by atoms with van der Waals surface area (Å²) in [6.45, 7) is 0.223. The number of benzene rings is 2. The largest absolute Gasteiger partial charge is 0.496 e. The number of nitrogens with one attached hydrogen (secondary N) is 2. The van der Waals surface area contributed by atoms with Crippen molar-refractivity contribution >= 4 is 29.1 Å². The lowest BCUT2D eigenvalue weighted by Crippen LogP contribution is -2.18. The van der Waals surface area contributed by atoms with Crippen LogP contribution < -0.4 is 21.5 Å². The van der Waals surface area contributed by atoms with Crippen LogP contribution in [-0.2, 0) is 11.3 Å². The Morgan fingerprint density at radius 1 is 1.21 bits per heavy atom. The summed E-state index contributed by atoms with van der Waals surface area (Å²) >= 11 is 0. The van der Waals surface area contributed by atoms with E-state index in [2.05, 4.69) is 20.3 Å². The molecule has 29 heavy (non-hydrogen) atoms. The second kappa shape index (κ2) is 7.47. The summed E-state index contributed by atoms with van der Waals surface area (Å²) in [5.41, 5.74) is 8.12. The lowest BCUT2D eigenvalue weighted by Gasteiger charge is -2.10. The normalized spacial score (nSPS) is 10.8. The molecule has 0 unspecified atom stereocenters. The number of anilines is 2. The van der Waals surface area contributed by atoms with Gasteiger partial charge in [0.1, 0.15) is 11.3 Å². The molecule has 0 fully saturated rings. The van der Waals surface area contributed by atoms with Gasteiger partial charge in [-0.3, -0.25) is 9.36 Å². The molecule has 9 nitrogen and oxygen atoms in total. The van der Waals surface area contributed by atoms with E-state index < -0.39 is 0 Å². The number of methoxy groups -OCH3 is 1. The molecule has 4 rings (SSSR count). The van der Waals surface area contributed by atoms with E-state index in [0.717, 1.165) is 5.56 Å². The quantitative estimate of drug-likeness (QED) is 0.341. The summed E-state index contributed by atoms with van der Waals surface area (Å²) in [6.07, 6.45) is 1.60. The van der Waals surface area contributed by atoms with Crippen molar-refractivity contribution in [2.45, 2.75) is 6.54 Å². The van der Waals surface area contributed by atoms with Crippen LogP contribution in [0, 0.1) is 0 Å². The lowest BCUT2D eigenvalue weighted by molar-refractivity contribution is 0.408. The minimum Gasteiger partial charge on any atom is -0.496 e. The third-order valence-corrected chi connectivity index (χ3v) is 4.46. The van der Waals surface area contributed by atoms with Gasteiger partial charge in [-0.05, 0) is 18.2 Å². The maximum absolute atomic E-state index is 12.7. The van der Waals surface area contributed by atoms with Crippen molar-refractivity contribution in [3.8, 4) is 17.1 Å². The van der Waals surface area contributed by atoms with Crippen molar-refractivity contribution in [3.63, 3.8) is 0 Å². The first kappa shape index (κ1) is 18.2. The highest BCUT2D eigenvalue weighted by atomic mass is 16.5. The van der Waals surface area contributed by atoms with E-state index in [9.17, 15) is 9.59 Å². The standard InChI is InChI=1S/C20H17N6O3/c1-29-15-8-3-2-5-13(15)10-26-19-16(23-20(26)28)18(22-11-27)24-17(25-19)12-6-4-7-14(21)9-12/h2-9H,10,21H2,1H3,(H,23,28)(H,22,24,25,27). The van der Waals surface area contributed by atoms with E-state index in [1.165, 1.54) is 4.57 Å². The number of aromatic nitrogens is 4. The van der Waals surface area contributed by atoms with Crippen LogP contribution in [0.2, 0.25) is 0 Å². The molecular formula is C20H17N6O3. The highest BCUT2D eigenvalue weighted by Gasteiger charge is 2.17. The summed E-state index contributed by atoms with van der Waals surface area (Å²) in [6, 6.07) is 14.4. The van der Waals surface area contributed by atoms with E-state index in [1.54, 1.807) is 37.8 Å². The molecule has 0 spiro atoms. The van der Waals surface area contributed by atoms with Crippen LogP contribution in [0.4, 0.5) is 11.5 Å². The number of amides is 1. The second-order valence-electron chi connectivity index (χ2n) is 6.28. The Morgan fingerprint density at radius 3 is 2.79 bits per heavy atom. The van der Waals surface area contributed by atoms with Gasteiger partial charge in [-0.2, -0.15) is 0 Å². The Hall–Kier alpha value is -4.14. The molecule has 4 aromatic rings. The first-order chi connectivity index (χ1) is 14.1. The number of nitrogen functional groups attached to an aromatic ring is 1. The van der Waals surface area contributed by atoms with Crippen molar-refractivity contribution in [2.24, 2.45) is 0 Å². The number of nitrogens with zero attached hydrogens (tertiary/aromatic N) is 3. The van der Waals surface area contributed by atoms with Gasteiger partial charge in [-0.25, -0.2) is 14.8 Å². The number of hydrogen-bond donors (Lipinski definition) is 3. The highest BCUT2D eigenvalue weighted by molar-refractivity contribution is 5.90. The summed E-state index contributed by atoms with van der Waals surface area (Å²) in [5, 5.41) is 2.41. The van der Waals surface area contributed by atoms with Crippen LogP contribution in [-0.4, -0.2) is 33.0 Å². The minimum atomic E-state index is -0.390. The lowest BCUT2D eigenvalue weighted by atomic mass is 10.2. The Labute approximate surface area is 165 Å². The molecule has 2 heterocycles. The molecule has 0 aliphatic rings. The smallest absolute Gasteiger partial charge is 0.328 e. The maximum atomic E-state index is 12.7. The maximum Gasteiger partial charge on any atom is 0.328 e. The molecule has 0 bridgehead atoms. The fourth-order valence-electron chi connectivity index (χ4n) is 3.13. The number of nitrogens with two attached hydrogens (primary N) is 1. The van der Waals surface area contributed by atoms with Gasteiger partial charge >= 0.3 is 12.1 Å². The van der Waals surface area contributed by atoms with Gasteiger partial charge in [0.05, 0.1) is 13.7 Å². The van der Waals surface area contributed by atoms with Crippen molar-refractivity contribution in [1.82, 2.24) is 19.5 Å². The van der Waals surface area contributed by atoms with E-state index in [1.807, 2.05) is 24.3 Å². The van der Waals surface area contributed by atoms with E-state index >= 15 is 0 Å². The number of fused-ring (bicyclic) bond motifs is 1. The third-order valence-electron chi connectivity index (χ3n) is 4.46. The van der Waals surface area contributed by atoms with Gasteiger partial charge in [0.25, 0.3) is 0 Å². The van der Waals surface area contributed by atoms with Crippen molar-refractivity contribution in [3.05, 3.63) is 64.6 Å². The predicted octanol–water partition coefficient (Wildman–Crippen LogP) is 1.90. The molecule has 0 aliphatic heterocycles. The number of carbonyl (C=O) groups excluding carboxylic acids is 1. The van der Waals surface area contributed by atoms with Gasteiger partial charge in [0.2, 0.25) is 0 Å². The van der Waals surface area contributed by atoms with Crippen molar-refractivity contribution in [1.29, 1.82) is 0 Å². The number of rotatable bonds is 6. The molecule has 0 saturated carbocycles. The van der Waals surface area contributed by atoms with Crippen LogP contribution >= 0.6 is 0 Å². The average molecular weight is 389 g/mol. The molecule has 0 saturated heterocycles. The molecule has 2 aromatic carbocycles. The number of H-pyrrole nitrogens is 1. The first-order valence-electron chi connectivity index (χ1n) is 8.72. The summed E-state index contributed by atoms with van der Waals surface area (Å²) in [5.74, 6) is 1.12. The van der Waals surface area contributed by atoms with Crippen molar-refractivity contribution in [2.75, 3.05) is 18.2 Å². The Morgan fingerprint density at radius 2 is 2.03 bits per heavy atom. The molecular weight excluding hydrogens is 372 g/mol. The van der Waals surface area contributed by atoms with Gasteiger partial charge in [-0.15, -0.1) is 0 Å². The molecule has 1 amide bonds. The van der Waals surface area contributed by atoms with Gasteiger partial charge in [-0.1, -0.05) is 30.3 Å². The van der Waals surface area contributed by atoms with Crippen LogP contribution in [0.1, 0.15) is 5.56 Å². The van der Waals surface area contributed by atoms with E-state index in [0.29, 0.717) is 34.0 Å². The summed E-state index contributed by atoms with van der Waals surface area (Å²) in [7, 11) is 1.57. The van der Waals surface area contributed by atoms with Crippen LogP contribution in [0.15, 0.2) is 53.3 Å². The molecule has 9 heteroatoms. The SMILES string of the molecule is COc1ccccc1Cn1c(=O)[nH]c2c(N[C]=O)nc(-c3cccc(N)c3)nc21. The Bertz CT molecular complexity index is 1260. The second-order valence-corrected chi connectivity index (χ2v) is 6.28. The number of para-hydroxylation sites is 1. The van der Waals surface area contributed by atoms with Crippen LogP contribution in [0.3, 0.4) is 0 Å². The molecule has 0 atom stereocenters. The average Bonchev–Trinajstić information content (AvgIpc) is 3.04. The Kier molecular flexibility index (Phi) is 4.70. The summed E-state index contributed by atoms with van der Waals surface area (Å²) < 4.78 is 6.84. The minimum absolute atomic E-state index is 0.151. The number of aromatic amines is 1. The number of ether oxygens (including phenoxy) is 1.